The number of nitrogens with two attached hydrogens (primary N) is 1. The topological polar surface area (TPSA) is 63.3 Å². The van der Waals surface area contributed by atoms with Crippen LogP contribution in [0, 0.1) is 29.6 Å². The molecule has 4 heteroatoms. The average Bonchev–Trinajstić information content (AvgIpc) is 2.15. The van der Waals surface area contributed by atoms with Crippen molar-refractivity contribution in [1.82, 2.24) is 0 Å². The summed E-state index contributed by atoms with van der Waals surface area (Å²) in [6, 6.07) is 0. The van der Waals surface area contributed by atoms with E-state index < -0.39 is 11.1 Å². The Kier molecular flexibility index (Phi) is 4.32. The molecule has 0 heterocycles. The quantitative estimate of drug-likeness (QED) is 0.714. The predicted octanol–water partition coefficient (Wildman–Crippen LogP) is 1.71. The maximum atomic E-state index is 11.4. The van der Waals surface area contributed by atoms with E-state index in [4.69, 9.17) is 5.73 Å². The van der Waals surface area contributed by atoms with E-state index in [1.165, 1.54) is 0 Å². The van der Waals surface area contributed by atoms with Crippen molar-refractivity contribution in [3.8, 4) is 0 Å². The zero-order valence-electron chi connectivity index (χ0n) is 10.0. The summed E-state index contributed by atoms with van der Waals surface area (Å²) in [5.41, 5.74) is 5.77. The van der Waals surface area contributed by atoms with Crippen molar-refractivity contribution in [3.05, 3.63) is 0 Å². The van der Waals surface area contributed by atoms with E-state index in [2.05, 4.69) is 27.7 Å². The second kappa shape index (κ2) is 4.93. The van der Waals surface area contributed by atoms with Gasteiger partial charge < -0.3 is 10.3 Å². The molecule has 1 aliphatic rings. The third-order valence-corrected chi connectivity index (χ3v) is 5.88. The van der Waals surface area contributed by atoms with Gasteiger partial charge in [0.05, 0.1) is 5.25 Å². The van der Waals surface area contributed by atoms with Gasteiger partial charge in [0.1, 0.15) is 0 Å². The molecule has 7 unspecified atom stereocenters. The average molecular weight is 233 g/mol. The van der Waals surface area contributed by atoms with Crippen molar-refractivity contribution < 1.29 is 8.76 Å². The highest BCUT2D eigenvalue weighted by Crippen LogP contribution is 2.43. The standard InChI is InChI=1S/C11H23NO2S/c1-6-7(2)10(5-12)9(4)11(8(6)3)15(13)14/h6-11H,5,12H2,1-4H3,(H,13,14). The molecule has 0 amide bonds. The molecule has 0 bridgehead atoms. The van der Waals surface area contributed by atoms with Gasteiger partial charge in [-0.2, -0.15) is 0 Å². The van der Waals surface area contributed by atoms with Gasteiger partial charge in [0.25, 0.3) is 0 Å². The van der Waals surface area contributed by atoms with Crippen LogP contribution in [0.3, 0.4) is 0 Å². The summed E-state index contributed by atoms with van der Waals surface area (Å²) in [6.45, 7) is 9.15. The Morgan fingerprint density at radius 3 is 2.00 bits per heavy atom. The summed E-state index contributed by atoms with van der Waals surface area (Å²) in [4.78, 5) is 0. The molecule has 1 saturated carbocycles. The molecule has 7 atom stereocenters. The summed E-state index contributed by atoms with van der Waals surface area (Å²) in [6.07, 6.45) is 0. The van der Waals surface area contributed by atoms with Gasteiger partial charge in [-0.15, -0.1) is 0 Å². The molecule has 3 nitrogen and oxygen atoms in total. The van der Waals surface area contributed by atoms with Gasteiger partial charge in [0.15, 0.2) is 11.1 Å². The number of hydrogen-bond acceptors (Lipinski definition) is 2. The van der Waals surface area contributed by atoms with Crippen molar-refractivity contribution in [1.29, 1.82) is 0 Å². The molecule has 0 radical (unpaired) electrons. The summed E-state index contributed by atoms with van der Waals surface area (Å²) >= 11 is -1.73. The minimum atomic E-state index is -1.73. The number of hydrogen-bond donors (Lipinski definition) is 2. The Bertz CT molecular complexity index is 247. The second-order valence-electron chi connectivity index (χ2n) is 5.08. The van der Waals surface area contributed by atoms with Crippen LogP contribution >= 0.6 is 0 Å². The molecule has 0 aromatic heterocycles. The van der Waals surface area contributed by atoms with Gasteiger partial charge in [-0.05, 0) is 36.1 Å². The number of rotatable bonds is 2. The van der Waals surface area contributed by atoms with E-state index >= 15 is 0 Å². The van der Waals surface area contributed by atoms with Gasteiger partial charge in [0.2, 0.25) is 0 Å². The highest BCUT2D eigenvalue weighted by Gasteiger charge is 2.44. The normalized spacial score (nSPS) is 48.9. The first-order valence-electron chi connectivity index (χ1n) is 5.71. The lowest BCUT2D eigenvalue weighted by molar-refractivity contribution is 0.0823. The summed E-state index contributed by atoms with van der Waals surface area (Å²) in [5.74, 6) is 1.92. The van der Waals surface area contributed by atoms with Crippen molar-refractivity contribution in [2.24, 2.45) is 35.3 Å². The van der Waals surface area contributed by atoms with Crippen LogP contribution in [0.5, 0.6) is 0 Å². The molecule has 1 rings (SSSR count). The van der Waals surface area contributed by atoms with E-state index in [9.17, 15) is 8.76 Å². The lowest BCUT2D eigenvalue weighted by atomic mass is 9.64. The molecule has 1 aliphatic carbocycles. The summed E-state index contributed by atoms with van der Waals surface area (Å²) in [7, 11) is 0. The molecule has 0 saturated heterocycles. The second-order valence-corrected chi connectivity index (χ2v) is 6.17. The van der Waals surface area contributed by atoms with Crippen LogP contribution in [0.2, 0.25) is 0 Å². The van der Waals surface area contributed by atoms with Crippen LogP contribution in [0.25, 0.3) is 0 Å². The Hall–Kier alpha value is 0.0700. The fourth-order valence-corrected chi connectivity index (χ4v) is 4.35. The molecular formula is C11H23NO2S. The van der Waals surface area contributed by atoms with Crippen molar-refractivity contribution in [3.63, 3.8) is 0 Å². The maximum absolute atomic E-state index is 11.4. The predicted molar refractivity (Wildman–Crippen MR) is 63.8 cm³/mol. The highest BCUT2D eigenvalue weighted by molar-refractivity contribution is 7.79. The summed E-state index contributed by atoms with van der Waals surface area (Å²) < 4.78 is 20.7. The van der Waals surface area contributed by atoms with E-state index in [0.717, 1.165) is 0 Å². The third kappa shape index (κ3) is 2.27. The minimum Gasteiger partial charge on any atom is -0.330 e. The fraction of sp³-hybridized carbons (Fsp3) is 1.00. The van der Waals surface area contributed by atoms with Crippen LogP contribution in [-0.2, 0) is 11.1 Å². The van der Waals surface area contributed by atoms with Crippen molar-refractivity contribution >= 4 is 11.1 Å². The molecule has 90 valence electrons. The van der Waals surface area contributed by atoms with E-state index in [1.807, 2.05) is 0 Å². The minimum absolute atomic E-state index is 0.121. The van der Waals surface area contributed by atoms with Gasteiger partial charge in [0, 0.05) is 0 Å². The Balaban J connectivity index is 2.95. The van der Waals surface area contributed by atoms with Crippen molar-refractivity contribution in [2.45, 2.75) is 32.9 Å². The van der Waals surface area contributed by atoms with E-state index in [-0.39, 0.29) is 11.2 Å². The third-order valence-electron chi connectivity index (χ3n) is 4.55. The van der Waals surface area contributed by atoms with Crippen LogP contribution in [0.15, 0.2) is 0 Å². The molecule has 0 aromatic carbocycles. The van der Waals surface area contributed by atoms with Gasteiger partial charge in [-0.3, -0.25) is 0 Å². The smallest absolute Gasteiger partial charge is 0.156 e. The molecule has 1 fully saturated rings. The van der Waals surface area contributed by atoms with Gasteiger partial charge in [-0.1, -0.05) is 27.7 Å². The van der Waals surface area contributed by atoms with Gasteiger partial charge >= 0.3 is 0 Å². The zero-order chi connectivity index (χ0) is 11.7. The molecular weight excluding hydrogens is 210 g/mol. The van der Waals surface area contributed by atoms with Crippen molar-refractivity contribution in [2.75, 3.05) is 6.54 Å². The highest BCUT2D eigenvalue weighted by atomic mass is 32.2. The van der Waals surface area contributed by atoms with Crippen LogP contribution in [0.4, 0.5) is 0 Å². The van der Waals surface area contributed by atoms with Crippen LogP contribution in [0.1, 0.15) is 27.7 Å². The lowest BCUT2D eigenvalue weighted by Gasteiger charge is -2.46. The first kappa shape index (κ1) is 13.1. The Morgan fingerprint density at radius 1 is 1.07 bits per heavy atom. The molecule has 0 spiro atoms. The molecule has 3 N–H and O–H groups in total. The first-order valence-corrected chi connectivity index (χ1v) is 6.88. The van der Waals surface area contributed by atoms with E-state index in [1.54, 1.807) is 0 Å². The largest absolute Gasteiger partial charge is 0.330 e. The van der Waals surface area contributed by atoms with Crippen LogP contribution in [-0.4, -0.2) is 20.6 Å². The van der Waals surface area contributed by atoms with Crippen LogP contribution < -0.4 is 5.73 Å². The Morgan fingerprint density at radius 2 is 1.60 bits per heavy atom. The first-order chi connectivity index (χ1) is 6.91. The zero-order valence-corrected chi connectivity index (χ0v) is 10.8. The maximum Gasteiger partial charge on any atom is 0.156 e. The monoisotopic (exact) mass is 233 g/mol. The van der Waals surface area contributed by atoms with Gasteiger partial charge in [-0.25, -0.2) is 4.21 Å². The van der Waals surface area contributed by atoms with E-state index in [0.29, 0.717) is 30.2 Å². The SMILES string of the molecule is CC1C(C)C(CN)C(C)C(S(=O)O)C1C. The Labute approximate surface area is 95.1 Å². The molecule has 0 aliphatic heterocycles. The molecule has 0 aromatic rings. The molecule has 15 heavy (non-hydrogen) atoms. The summed E-state index contributed by atoms with van der Waals surface area (Å²) in [5, 5.41) is -0.121. The fourth-order valence-electron chi connectivity index (χ4n) is 3.17. The lowest BCUT2D eigenvalue weighted by Crippen LogP contribution is -2.49.